The van der Waals surface area contributed by atoms with Crippen molar-refractivity contribution in [2.24, 2.45) is 0 Å². The number of carboxylic acids is 1. The van der Waals surface area contributed by atoms with E-state index >= 15 is 0 Å². The number of carboxylic acid groups (broad SMARTS) is 1. The van der Waals surface area contributed by atoms with Gasteiger partial charge in [-0.1, -0.05) is 0 Å². The number of aliphatic hydroxyl groups excluding tert-OH is 1. The molecule has 0 aliphatic rings. The van der Waals surface area contributed by atoms with Crippen LogP contribution in [-0.2, 0) is 9.59 Å². The molecule has 0 spiro atoms. The van der Waals surface area contributed by atoms with Gasteiger partial charge in [0, 0.05) is 12.2 Å². The van der Waals surface area contributed by atoms with Crippen molar-refractivity contribution in [1.82, 2.24) is 5.32 Å². The molecule has 0 aliphatic carbocycles. The summed E-state index contributed by atoms with van der Waals surface area (Å²) in [6.45, 7) is -3.14. The molecule has 0 bridgehead atoms. The number of carbonyl (C=O) groups is 2. The maximum absolute atomic E-state index is 12.0. The zero-order valence-electron chi connectivity index (χ0n) is 11.5. The molecule has 7 nitrogen and oxygen atoms in total. The third-order valence-corrected chi connectivity index (χ3v) is 2.55. The van der Waals surface area contributed by atoms with Gasteiger partial charge in [0.05, 0.1) is 13.0 Å². The highest BCUT2D eigenvalue weighted by atomic mass is 19.3. The molecule has 0 radical (unpaired) electrons. The van der Waals surface area contributed by atoms with E-state index in [4.69, 9.17) is 10.2 Å². The van der Waals surface area contributed by atoms with Gasteiger partial charge >= 0.3 is 12.6 Å². The zero-order chi connectivity index (χ0) is 16.5. The molecular weight excluding hydrogens is 302 g/mol. The number of nitrogens with one attached hydrogen (secondary N) is 2. The Balaban J connectivity index is 2.54. The molecule has 9 heteroatoms. The van der Waals surface area contributed by atoms with E-state index in [9.17, 15) is 18.4 Å². The maximum atomic E-state index is 12.0. The Labute approximate surface area is 124 Å². The summed E-state index contributed by atoms with van der Waals surface area (Å²) in [5.41, 5.74) is 0.318. The summed E-state index contributed by atoms with van der Waals surface area (Å²) in [7, 11) is 0. The molecule has 1 aromatic rings. The summed E-state index contributed by atoms with van der Waals surface area (Å²) in [5, 5.41) is 22.5. The molecule has 122 valence electrons. The van der Waals surface area contributed by atoms with Crippen LogP contribution >= 0.6 is 0 Å². The Morgan fingerprint density at radius 3 is 2.36 bits per heavy atom. The maximum Gasteiger partial charge on any atom is 0.387 e. The SMILES string of the molecule is O=C(CC(NCCO)C(=O)O)Nc1ccc(OC(F)F)cc1. The summed E-state index contributed by atoms with van der Waals surface area (Å²) in [5.74, 6) is -1.84. The molecule has 1 unspecified atom stereocenters. The van der Waals surface area contributed by atoms with Crippen LogP contribution in [0.15, 0.2) is 24.3 Å². The van der Waals surface area contributed by atoms with Gasteiger partial charge in [-0.3, -0.25) is 9.59 Å². The van der Waals surface area contributed by atoms with Crippen LogP contribution in [0.5, 0.6) is 5.75 Å². The van der Waals surface area contributed by atoms with Crippen molar-refractivity contribution >= 4 is 17.6 Å². The van der Waals surface area contributed by atoms with Crippen molar-refractivity contribution in [3.05, 3.63) is 24.3 Å². The largest absolute Gasteiger partial charge is 0.480 e. The van der Waals surface area contributed by atoms with E-state index in [2.05, 4.69) is 15.4 Å². The van der Waals surface area contributed by atoms with Crippen molar-refractivity contribution in [1.29, 1.82) is 0 Å². The Morgan fingerprint density at radius 2 is 1.86 bits per heavy atom. The normalized spacial score (nSPS) is 12.0. The van der Waals surface area contributed by atoms with E-state index < -0.39 is 24.5 Å². The van der Waals surface area contributed by atoms with E-state index in [0.29, 0.717) is 5.69 Å². The third-order valence-electron chi connectivity index (χ3n) is 2.55. The highest BCUT2D eigenvalue weighted by molar-refractivity contribution is 5.94. The standard InChI is InChI=1S/C13H16F2N2O5/c14-13(15)22-9-3-1-8(2-4-9)17-11(19)7-10(12(20)21)16-5-6-18/h1-4,10,13,16,18H,5-7H2,(H,17,19)(H,20,21). The first-order valence-corrected chi connectivity index (χ1v) is 6.34. The predicted octanol–water partition coefficient (Wildman–Crippen LogP) is 0.652. The smallest absolute Gasteiger partial charge is 0.387 e. The minimum Gasteiger partial charge on any atom is -0.480 e. The number of benzene rings is 1. The first-order valence-electron chi connectivity index (χ1n) is 6.34. The lowest BCUT2D eigenvalue weighted by atomic mass is 10.2. The van der Waals surface area contributed by atoms with Gasteiger partial charge in [0.2, 0.25) is 5.91 Å². The minimum absolute atomic E-state index is 0.0455. The van der Waals surface area contributed by atoms with Crippen LogP contribution in [-0.4, -0.2) is 47.9 Å². The monoisotopic (exact) mass is 318 g/mol. The van der Waals surface area contributed by atoms with Crippen molar-refractivity contribution in [2.45, 2.75) is 19.1 Å². The number of hydrogen-bond acceptors (Lipinski definition) is 5. The van der Waals surface area contributed by atoms with Crippen LogP contribution in [0.25, 0.3) is 0 Å². The average molecular weight is 318 g/mol. The fraction of sp³-hybridized carbons (Fsp3) is 0.385. The summed E-state index contributed by atoms with van der Waals surface area (Å²) in [6, 6.07) is 4.08. The van der Waals surface area contributed by atoms with E-state index in [-0.39, 0.29) is 25.3 Å². The summed E-state index contributed by atoms with van der Waals surface area (Å²) >= 11 is 0. The Morgan fingerprint density at radius 1 is 1.23 bits per heavy atom. The van der Waals surface area contributed by atoms with Crippen LogP contribution in [0.2, 0.25) is 0 Å². The van der Waals surface area contributed by atoms with E-state index in [1.54, 1.807) is 0 Å². The van der Waals surface area contributed by atoms with Crippen LogP contribution in [0.4, 0.5) is 14.5 Å². The second-order valence-corrected chi connectivity index (χ2v) is 4.22. The number of ether oxygens (including phenoxy) is 1. The fourth-order valence-corrected chi connectivity index (χ4v) is 1.60. The van der Waals surface area contributed by atoms with Crippen molar-refractivity contribution in [2.75, 3.05) is 18.5 Å². The first-order chi connectivity index (χ1) is 10.4. The lowest BCUT2D eigenvalue weighted by Crippen LogP contribution is -2.41. The molecule has 1 rings (SSSR count). The minimum atomic E-state index is -2.94. The molecule has 0 saturated carbocycles. The van der Waals surface area contributed by atoms with Crippen LogP contribution in [0, 0.1) is 0 Å². The van der Waals surface area contributed by atoms with Gasteiger partial charge in [-0.25, -0.2) is 0 Å². The number of anilines is 1. The summed E-state index contributed by atoms with van der Waals surface area (Å²) in [6.07, 6.45) is -0.343. The van der Waals surface area contributed by atoms with Gasteiger partial charge in [-0.2, -0.15) is 8.78 Å². The van der Waals surface area contributed by atoms with Gasteiger partial charge in [0.1, 0.15) is 11.8 Å². The summed E-state index contributed by atoms with van der Waals surface area (Å²) < 4.78 is 28.1. The number of aliphatic hydroxyl groups is 1. The van der Waals surface area contributed by atoms with E-state index in [1.165, 1.54) is 24.3 Å². The molecule has 0 fully saturated rings. The lowest BCUT2D eigenvalue weighted by Gasteiger charge is -2.13. The second-order valence-electron chi connectivity index (χ2n) is 4.22. The molecule has 1 amide bonds. The van der Waals surface area contributed by atoms with Gasteiger partial charge in [0.25, 0.3) is 0 Å². The zero-order valence-corrected chi connectivity index (χ0v) is 11.5. The highest BCUT2D eigenvalue weighted by Crippen LogP contribution is 2.17. The number of carbonyl (C=O) groups excluding carboxylic acids is 1. The highest BCUT2D eigenvalue weighted by Gasteiger charge is 2.20. The average Bonchev–Trinajstić information content (AvgIpc) is 2.44. The number of hydrogen-bond donors (Lipinski definition) is 4. The Kier molecular flexibility index (Phi) is 7.20. The van der Waals surface area contributed by atoms with Crippen molar-refractivity contribution in [3.63, 3.8) is 0 Å². The summed E-state index contributed by atoms with van der Waals surface area (Å²) in [4.78, 5) is 22.7. The molecular formula is C13H16F2N2O5. The molecule has 22 heavy (non-hydrogen) atoms. The third kappa shape index (κ3) is 6.46. The van der Waals surface area contributed by atoms with Crippen LogP contribution in [0.3, 0.4) is 0 Å². The fourth-order valence-electron chi connectivity index (χ4n) is 1.60. The van der Waals surface area contributed by atoms with E-state index in [1.807, 2.05) is 0 Å². The quantitative estimate of drug-likeness (QED) is 0.532. The molecule has 0 heterocycles. The molecule has 1 aromatic carbocycles. The number of aliphatic carboxylic acids is 1. The molecule has 1 atom stereocenters. The number of halogens is 2. The van der Waals surface area contributed by atoms with Crippen LogP contribution in [0.1, 0.15) is 6.42 Å². The predicted molar refractivity (Wildman–Crippen MR) is 72.8 cm³/mol. The van der Waals surface area contributed by atoms with Gasteiger partial charge in [-0.15, -0.1) is 0 Å². The van der Waals surface area contributed by atoms with Gasteiger partial charge < -0.3 is 25.6 Å². The topological polar surface area (TPSA) is 108 Å². The van der Waals surface area contributed by atoms with Crippen molar-refractivity contribution in [3.8, 4) is 5.75 Å². The number of rotatable bonds is 9. The molecule has 0 aliphatic heterocycles. The Bertz CT molecular complexity index is 496. The van der Waals surface area contributed by atoms with E-state index in [0.717, 1.165) is 0 Å². The number of amides is 1. The lowest BCUT2D eigenvalue weighted by molar-refractivity contribution is -0.141. The molecule has 0 aromatic heterocycles. The molecule has 4 N–H and O–H groups in total. The Hall–Kier alpha value is -2.26. The van der Waals surface area contributed by atoms with Gasteiger partial charge in [-0.05, 0) is 24.3 Å². The molecule has 0 saturated heterocycles. The first kappa shape index (κ1) is 17.8. The van der Waals surface area contributed by atoms with Gasteiger partial charge in [0.15, 0.2) is 0 Å². The van der Waals surface area contributed by atoms with Crippen molar-refractivity contribution < 1.29 is 33.3 Å². The van der Waals surface area contributed by atoms with Crippen LogP contribution < -0.4 is 15.4 Å². The number of alkyl halides is 2. The second kappa shape index (κ2) is 8.90.